The van der Waals surface area contributed by atoms with E-state index < -0.39 is 11.4 Å². The van der Waals surface area contributed by atoms with Crippen LogP contribution in [0, 0.1) is 5.92 Å². The second-order valence-electron chi connectivity index (χ2n) is 7.64. The van der Waals surface area contributed by atoms with Crippen molar-refractivity contribution in [3.63, 3.8) is 0 Å². The summed E-state index contributed by atoms with van der Waals surface area (Å²) >= 11 is 0. The molecule has 4 rings (SSSR count). The molecule has 0 fully saturated rings. The molecule has 0 saturated heterocycles. The van der Waals surface area contributed by atoms with Gasteiger partial charge in [0.2, 0.25) is 0 Å². The number of aromatic nitrogens is 1. The Morgan fingerprint density at radius 2 is 2.07 bits per heavy atom. The fourth-order valence-corrected chi connectivity index (χ4v) is 3.23. The largest absolute Gasteiger partial charge is 0.477 e. The van der Waals surface area contributed by atoms with E-state index in [2.05, 4.69) is 25.8 Å². The van der Waals surface area contributed by atoms with Gasteiger partial charge in [0.25, 0.3) is 0 Å². The van der Waals surface area contributed by atoms with Crippen molar-refractivity contribution in [3.05, 3.63) is 64.1 Å². The molecule has 3 aromatic rings. The smallest absolute Gasteiger partial charge is 0.341 e. The first-order chi connectivity index (χ1) is 14.3. The number of carbonyl (C=O) groups is 1. The molecule has 0 aliphatic carbocycles. The molecule has 1 aliphatic rings. The Labute approximate surface area is 174 Å². The quantitative estimate of drug-likeness (QED) is 0.627. The molecule has 2 aromatic heterocycles. The van der Waals surface area contributed by atoms with Gasteiger partial charge in [0.15, 0.2) is 16.8 Å². The van der Waals surface area contributed by atoms with Crippen molar-refractivity contribution < 1.29 is 14.3 Å². The molecule has 0 amide bonds. The highest BCUT2D eigenvalue weighted by molar-refractivity contribution is 5.96. The molecular weight excluding hydrogens is 382 g/mol. The van der Waals surface area contributed by atoms with Crippen LogP contribution < -0.4 is 11.2 Å². The van der Waals surface area contributed by atoms with Crippen LogP contribution in [-0.4, -0.2) is 21.9 Å². The van der Waals surface area contributed by atoms with E-state index in [9.17, 15) is 9.59 Å². The molecule has 3 N–H and O–H groups in total. The van der Waals surface area contributed by atoms with E-state index in [1.807, 2.05) is 18.2 Å². The lowest BCUT2D eigenvalue weighted by molar-refractivity contribution is 0.0694. The molecule has 0 bridgehead atoms. The van der Waals surface area contributed by atoms with Crippen molar-refractivity contribution in [1.82, 2.24) is 4.57 Å². The topological polar surface area (TPSA) is 111 Å². The first-order valence-corrected chi connectivity index (χ1v) is 9.77. The maximum atomic E-state index is 12.1. The second kappa shape index (κ2) is 8.82. The number of aromatic carboxylic acids is 1. The number of nitrogens with two attached hydrogens (primary N) is 1. The van der Waals surface area contributed by atoms with Crippen molar-refractivity contribution in [3.8, 4) is 11.5 Å². The maximum Gasteiger partial charge on any atom is 0.341 e. The standard InChI is InChI=1S/C19H15N3O4.C4H10/c20-6-2-7-21-14-4-1-3-11-12-5-8-22-10-13(19(24)25)16(23)9-15(22)18(12)26-17(11)14;1-4(2)3/h1-4,6-7,9-10H,5,8,20H2,(H,24,25);4H,1-3H3/b6-2-,21-7?;. The summed E-state index contributed by atoms with van der Waals surface area (Å²) in [5.74, 6) is 0.183. The van der Waals surface area contributed by atoms with Gasteiger partial charge >= 0.3 is 5.97 Å². The minimum absolute atomic E-state index is 0.243. The molecule has 156 valence electrons. The van der Waals surface area contributed by atoms with E-state index in [0.29, 0.717) is 35.7 Å². The second-order valence-corrected chi connectivity index (χ2v) is 7.64. The summed E-state index contributed by atoms with van der Waals surface area (Å²) in [6.45, 7) is 7.07. The van der Waals surface area contributed by atoms with Crippen molar-refractivity contribution in [2.75, 3.05) is 0 Å². The SMILES string of the molecule is CC(C)C.N/C=C\C=Nc1cccc2c3c(oc12)-c1cc(=O)c(C(=O)O)cn1CC3. The Balaban J connectivity index is 0.000000589. The summed E-state index contributed by atoms with van der Waals surface area (Å²) in [5.41, 5.74) is 7.39. The molecule has 0 atom stereocenters. The number of carboxylic acids is 1. The van der Waals surface area contributed by atoms with Crippen molar-refractivity contribution >= 4 is 28.8 Å². The molecular formula is C23H25N3O4. The van der Waals surface area contributed by atoms with Crippen LogP contribution in [0.5, 0.6) is 0 Å². The van der Waals surface area contributed by atoms with Gasteiger partial charge in [-0.1, -0.05) is 32.9 Å². The Bertz CT molecular complexity index is 1200. The molecule has 3 heterocycles. The lowest BCUT2D eigenvalue weighted by Crippen LogP contribution is -2.21. The summed E-state index contributed by atoms with van der Waals surface area (Å²) in [7, 11) is 0. The number of aryl methyl sites for hydroxylation is 2. The number of rotatable bonds is 3. The number of nitrogens with zero attached hydrogens (tertiary/aromatic N) is 2. The number of hydrogen-bond acceptors (Lipinski definition) is 5. The molecule has 7 heteroatoms. The van der Waals surface area contributed by atoms with E-state index >= 15 is 0 Å². The summed E-state index contributed by atoms with van der Waals surface area (Å²) in [5, 5.41) is 10.1. The normalized spacial score (nSPS) is 12.8. The van der Waals surface area contributed by atoms with Crippen LogP contribution in [-0.2, 0) is 13.0 Å². The molecule has 0 saturated carbocycles. The number of pyridine rings is 1. The van der Waals surface area contributed by atoms with Gasteiger partial charge in [0, 0.05) is 36.0 Å². The van der Waals surface area contributed by atoms with Crippen molar-refractivity contribution in [2.45, 2.75) is 33.7 Å². The van der Waals surface area contributed by atoms with E-state index in [0.717, 1.165) is 16.9 Å². The summed E-state index contributed by atoms with van der Waals surface area (Å²) in [6, 6.07) is 7.00. The van der Waals surface area contributed by atoms with E-state index in [4.69, 9.17) is 15.3 Å². The molecule has 7 nitrogen and oxygen atoms in total. The number of aliphatic imine (C=N–C) groups is 1. The number of benzene rings is 1. The predicted molar refractivity (Wildman–Crippen MR) is 119 cm³/mol. The van der Waals surface area contributed by atoms with Crippen LogP contribution in [0.2, 0.25) is 0 Å². The first-order valence-electron chi connectivity index (χ1n) is 9.77. The average molecular weight is 407 g/mol. The van der Waals surface area contributed by atoms with Gasteiger partial charge in [-0.25, -0.2) is 4.79 Å². The number of para-hydroxylation sites is 1. The summed E-state index contributed by atoms with van der Waals surface area (Å²) in [6.07, 6.45) is 6.63. The van der Waals surface area contributed by atoms with Gasteiger partial charge in [-0.05, 0) is 30.7 Å². The zero-order valence-electron chi connectivity index (χ0n) is 17.3. The fourth-order valence-electron chi connectivity index (χ4n) is 3.23. The highest BCUT2D eigenvalue weighted by atomic mass is 16.4. The first kappa shape index (κ1) is 21.1. The monoisotopic (exact) mass is 407 g/mol. The van der Waals surface area contributed by atoms with Gasteiger partial charge in [-0.3, -0.25) is 9.79 Å². The Hall–Kier alpha value is -3.61. The lowest BCUT2D eigenvalue weighted by Gasteiger charge is -2.18. The van der Waals surface area contributed by atoms with Gasteiger partial charge in [0.1, 0.15) is 11.3 Å². The molecule has 0 radical (unpaired) electrons. The summed E-state index contributed by atoms with van der Waals surface area (Å²) in [4.78, 5) is 27.7. The van der Waals surface area contributed by atoms with Crippen LogP contribution >= 0.6 is 0 Å². The zero-order chi connectivity index (χ0) is 21.8. The number of furan rings is 1. The minimum Gasteiger partial charge on any atom is -0.477 e. The van der Waals surface area contributed by atoms with Crippen LogP contribution in [0.1, 0.15) is 36.7 Å². The highest BCUT2D eigenvalue weighted by Gasteiger charge is 2.25. The average Bonchev–Trinajstić information content (AvgIpc) is 3.07. The van der Waals surface area contributed by atoms with Gasteiger partial charge in [-0.15, -0.1) is 0 Å². The Kier molecular flexibility index (Phi) is 6.20. The molecule has 1 aliphatic heterocycles. The van der Waals surface area contributed by atoms with E-state index in [-0.39, 0.29) is 5.56 Å². The Morgan fingerprint density at radius 3 is 2.73 bits per heavy atom. The molecule has 0 spiro atoms. The predicted octanol–water partition coefficient (Wildman–Crippen LogP) is 4.35. The van der Waals surface area contributed by atoms with E-state index in [1.54, 1.807) is 16.9 Å². The van der Waals surface area contributed by atoms with Crippen LogP contribution in [0.4, 0.5) is 5.69 Å². The van der Waals surface area contributed by atoms with Crippen molar-refractivity contribution in [1.29, 1.82) is 0 Å². The lowest BCUT2D eigenvalue weighted by atomic mass is 10.0. The van der Waals surface area contributed by atoms with Crippen molar-refractivity contribution in [2.24, 2.45) is 16.6 Å². The minimum atomic E-state index is -1.23. The van der Waals surface area contributed by atoms with Gasteiger partial charge < -0.3 is 19.8 Å². The number of carboxylic acid groups (broad SMARTS) is 1. The summed E-state index contributed by atoms with van der Waals surface area (Å²) < 4.78 is 7.80. The third kappa shape index (κ3) is 4.20. The van der Waals surface area contributed by atoms with Gasteiger partial charge in [0.05, 0.1) is 5.69 Å². The van der Waals surface area contributed by atoms with Crippen LogP contribution in [0.15, 0.2) is 56.9 Å². The molecule has 1 aromatic carbocycles. The van der Waals surface area contributed by atoms with Gasteiger partial charge in [-0.2, -0.15) is 0 Å². The maximum absolute atomic E-state index is 12.1. The third-order valence-corrected chi connectivity index (χ3v) is 4.40. The number of allylic oxidation sites excluding steroid dienone is 1. The van der Waals surface area contributed by atoms with Crippen LogP contribution in [0.25, 0.3) is 22.4 Å². The highest BCUT2D eigenvalue weighted by Crippen LogP contribution is 2.40. The number of hydrogen-bond donors (Lipinski definition) is 2. The third-order valence-electron chi connectivity index (χ3n) is 4.40. The molecule has 30 heavy (non-hydrogen) atoms. The Morgan fingerprint density at radius 1 is 1.33 bits per heavy atom. The van der Waals surface area contributed by atoms with Crippen LogP contribution in [0.3, 0.4) is 0 Å². The van der Waals surface area contributed by atoms with E-state index in [1.165, 1.54) is 18.5 Å². The molecule has 0 unspecified atom stereocenters. The fraction of sp³-hybridized carbons (Fsp3) is 0.261. The number of fused-ring (bicyclic) bond motifs is 5. The zero-order valence-corrected chi connectivity index (χ0v) is 17.3.